The van der Waals surface area contributed by atoms with E-state index in [9.17, 15) is 4.79 Å². The highest BCUT2D eigenvalue weighted by Crippen LogP contribution is 2.39. The molecule has 0 unspecified atom stereocenters. The number of rotatable bonds is 8. The van der Waals surface area contributed by atoms with Crippen LogP contribution in [-0.4, -0.2) is 71.5 Å². The second kappa shape index (κ2) is 11.6. The minimum absolute atomic E-state index is 0.0338. The SMILES string of the molecule is C[C@@H]1CN(C2(CCOc3cc(CC(=O)O)ccc3Cl)CCN(c3nc4ccc(Cl)cc4s3)CC2)C[C@H](C)O1. The molecule has 5 rings (SSSR count). The van der Waals surface area contributed by atoms with Gasteiger partial charge in [0.15, 0.2) is 5.13 Å². The van der Waals surface area contributed by atoms with Crippen LogP contribution in [0, 0.1) is 0 Å². The van der Waals surface area contributed by atoms with Crippen molar-refractivity contribution in [3.05, 3.63) is 52.0 Å². The summed E-state index contributed by atoms with van der Waals surface area (Å²) >= 11 is 14.3. The highest BCUT2D eigenvalue weighted by Gasteiger charge is 2.43. The first-order valence-electron chi connectivity index (χ1n) is 13.1. The molecule has 0 amide bonds. The lowest BCUT2D eigenvalue weighted by Crippen LogP contribution is -2.61. The monoisotopic (exact) mass is 577 g/mol. The van der Waals surface area contributed by atoms with E-state index in [-0.39, 0.29) is 24.2 Å². The topological polar surface area (TPSA) is 75.1 Å². The molecule has 2 aromatic carbocycles. The summed E-state index contributed by atoms with van der Waals surface area (Å²) in [5, 5.41) is 11.4. The zero-order valence-electron chi connectivity index (χ0n) is 21.7. The zero-order chi connectivity index (χ0) is 26.9. The van der Waals surface area contributed by atoms with Crippen LogP contribution in [-0.2, 0) is 16.0 Å². The van der Waals surface area contributed by atoms with Gasteiger partial charge in [0.05, 0.1) is 40.5 Å². The number of hydrogen-bond donors (Lipinski definition) is 1. The number of ether oxygens (including phenoxy) is 2. The lowest BCUT2D eigenvalue weighted by molar-refractivity contribution is -0.136. The van der Waals surface area contributed by atoms with E-state index in [1.165, 1.54) is 0 Å². The normalized spacial score (nSPS) is 22.1. The van der Waals surface area contributed by atoms with Crippen molar-refractivity contribution in [3.63, 3.8) is 0 Å². The van der Waals surface area contributed by atoms with Crippen molar-refractivity contribution < 1.29 is 19.4 Å². The van der Waals surface area contributed by atoms with Gasteiger partial charge < -0.3 is 19.5 Å². The van der Waals surface area contributed by atoms with Gasteiger partial charge in [0.1, 0.15) is 5.75 Å². The van der Waals surface area contributed by atoms with Gasteiger partial charge in [-0.3, -0.25) is 9.69 Å². The van der Waals surface area contributed by atoms with Gasteiger partial charge >= 0.3 is 5.97 Å². The number of thiazole rings is 1. The van der Waals surface area contributed by atoms with Gasteiger partial charge in [0.2, 0.25) is 0 Å². The Morgan fingerprint density at radius 1 is 1.16 bits per heavy atom. The molecule has 2 saturated heterocycles. The van der Waals surface area contributed by atoms with E-state index in [2.05, 4.69) is 23.6 Å². The van der Waals surface area contributed by atoms with Crippen LogP contribution >= 0.6 is 34.5 Å². The van der Waals surface area contributed by atoms with Gasteiger partial charge in [-0.1, -0.05) is 40.6 Å². The van der Waals surface area contributed by atoms with Crippen LogP contribution in [0.4, 0.5) is 5.13 Å². The van der Waals surface area contributed by atoms with Gasteiger partial charge in [0, 0.05) is 36.7 Å². The van der Waals surface area contributed by atoms with Crippen LogP contribution in [0.3, 0.4) is 0 Å². The molecule has 1 N–H and O–H groups in total. The second-order valence-corrected chi connectivity index (χ2v) is 12.3. The van der Waals surface area contributed by atoms with Crippen molar-refractivity contribution in [2.75, 3.05) is 37.7 Å². The average molecular weight is 579 g/mol. The number of piperidine rings is 1. The van der Waals surface area contributed by atoms with Crippen molar-refractivity contribution in [3.8, 4) is 5.75 Å². The molecule has 0 saturated carbocycles. The largest absolute Gasteiger partial charge is 0.492 e. The molecule has 38 heavy (non-hydrogen) atoms. The number of aromatic nitrogens is 1. The Labute approximate surface area is 237 Å². The van der Waals surface area contributed by atoms with Gasteiger partial charge in [-0.05, 0) is 69.0 Å². The lowest BCUT2D eigenvalue weighted by Gasteiger charge is -2.52. The van der Waals surface area contributed by atoms with Crippen LogP contribution in [0.2, 0.25) is 10.0 Å². The van der Waals surface area contributed by atoms with Crippen LogP contribution in [0.25, 0.3) is 10.2 Å². The molecule has 2 aliphatic heterocycles. The smallest absolute Gasteiger partial charge is 0.307 e. The predicted molar refractivity (Wildman–Crippen MR) is 153 cm³/mol. The number of halogens is 2. The van der Waals surface area contributed by atoms with Crippen LogP contribution in [0.1, 0.15) is 38.7 Å². The van der Waals surface area contributed by atoms with Crippen LogP contribution in [0.15, 0.2) is 36.4 Å². The highest BCUT2D eigenvalue weighted by molar-refractivity contribution is 7.22. The van der Waals surface area contributed by atoms with E-state index in [1.807, 2.05) is 18.2 Å². The van der Waals surface area contributed by atoms with E-state index in [0.29, 0.717) is 22.9 Å². The average Bonchev–Trinajstić information content (AvgIpc) is 3.28. The van der Waals surface area contributed by atoms with Gasteiger partial charge in [-0.25, -0.2) is 4.98 Å². The number of hydrogen-bond acceptors (Lipinski definition) is 7. The van der Waals surface area contributed by atoms with E-state index in [0.717, 1.165) is 65.8 Å². The quantitative estimate of drug-likeness (QED) is 0.344. The molecular weight excluding hydrogens is 545 g/mol. The number of carboxylic acid groups (broad SMARTS) is 1. The van der Waals surface area contributed by atoms with E-state index in [4.69, 9.17) is 42.8 Å². The molecule has 0 radical (unpaired) electrons. The summed E-state index contributed by atoms with van der Waals surface area (Å²) in [7, 11) is 0. The third-order valence-corrected chi connectivity index (χ3v) is 9.20. The molecule has 10 heteroatoms. The first-order chi connectivity index (χ1) is 18.2. The van der Waals surface area contributed by atoms with Crippen LogP contribution in [0.5, 0.6) is 5.75 Å². The first-order valence-corrected chi connectivity index (χ1v) is 14.6. The molecule has 2 atom stereocenters. The molecule has 1 aromatic heterocycles. The molecule has 3 aromatic rings. The molecule has 0 bridgehead atoms. The summed E-state index contributed by atoms with van der Waals surface area (Å²) in [5.41, 5.74) is 1.62. The standard InChI is InChI=1S/C28H33Cl2N3O4S/c1-18-16-33(17-19(2)37-18)28(9-12-36-24-13-20(14-26(34)35)3-5-22(24)30)7-10-32(11-8-28)27-31-23-6-4-21(29)15-25(23)38-27/h3-6,13,15,18-19H,7-12,14,16-17H2,1-2H3,(H,34,35)/t18-,19+. The molecule has 2 fully saturated rings. The number of nitrogens with zero attached hydrogens (tertiary/aromatic N) is 3. The Morgan fingerprint density at radius 3 is 2.61 bits per heavy atom. The molecule has 2 aliphatic rings. The van der Waals surface area contributed by atoms with Crippen molar-refractivity contribution in [1.29, 1.82) is 0 Å². The fraction of sp³-hybridized carbons (Fsp3) is 0.500. The third-order valence-electron chi connectivity index (χ3n) is 7.57. The lowest BCUT2D eigenvalue weighted by atomic mass is 9.82. The summed E-state index contributed by atoms with van der Waals surface area (Å²) in [6.45, 7) is 8.36. The Kier molecular flexibility index (Phi) is 8.36. The van der Waals surface area contributed by atoms with E-state index < -0.39 is 5.97 Å². The third kappa shape index (κ3) is 6.20. The van der Waals surface area contributed by atoms with Gasteiger partial charge in [0.25, 0.3) is 0 Å². The van der Waals surface area contributed by atoms with Crippen molar-refractivity contribution >= 4 is 55.9 Å². The zero-order valence-corrected chi connectivity index (χ0v) is 24.0. The highest BCUT2D eigenvalue weighted by atomic mass is 35.5. The van der Waals surface area contributed by atoms with Gasteiger partial charge in [-0.2, -0.15) is 0 Å². The van der Waals surface area contributed by atoms with Gasteiger partial charge in [-0.15, -0.1) is 0 Å². The molecule has 0 spiro atoms. The Morgan fingerprint density at radius 2 is 1.89 bits per heavy atom. The fourth-order valence-electron chi connectivity index (χ4n) is 5.72. The Hall–Kier alpha value is -2.10. The number of carboxylic acids is 1. The summed E-state index contributed by atoms with van der Waals surface area (Å²) in [5.74, 6) is -0.342. The second-order valence-electron chi connectivity index (χ2n) is 10.4. The number of carbonyl (C=O) groups is 1. The fourth-order valence-corrected chi connectivity index (χ4v) is 7.18. The van der Waals surface area contributed by atoms with Crippen molar-refractivity contribution in [2.45, 2.75) is 57.3 Å². The first kappa shape index (κ1) is 27.5. The maximum atomic E-state index is 11.1. The molecule has 0 aliphatic carbocycles. The summed E-state index contributed by atoms with van der Waals surface area (Å²) in [4.78, 5) is 21.0. The number of benzene rings is 2. The number of aliphatic carboxylic acids is 1. The van der Waals surface area contributed by atoms with E-state index in [1.54, 1.807) is 29.5 Å². The van der Waals surface area contributed by atoms with Crippen LogP contribution < -0.4 is 9.64 Å². The summed E-state index contributed by atoms with van der Waals surface area (Å²) in [6, 6.07) is 11.0. The van der Waals surface area contributed by atoms with Crippen molar-refractivity contribution in [2.24, 2.45) is 0 Å². The minimum atomic E-state index is -0.879. The summed E-state index contributed by atoms with van der Waals surface area (Å²) in [6.07, 6.45) is 3.10. The maximum Gasteiger partial charge on any atom is 0.307 e. The molecule has 204 valence electrons. The Bertz CT molecular complexity index is 1280. The summed E-state index contributed by atoms with van der Waals surface area (Å²) < 4.78 is 13.3. The van der Waals surface area contributed by atoms with Crippen molar-refractivity contribution in [1.82, 2.24) is 9.88 Å². The molecule has 3 heterocycles. The Balaban J connectivity index is 1.31. The molecular formula is C28H33Cl2N3O4S. The molecule has 7 nitrogen and oxygen atoms in total. The van der Waals surface area contributed by atoms with E-state index >= 15 is 0 Å². The number of anilines is 1. The number of fused-ring (bicyclic) bond motifs is 1. The predicted octanol–water partition coefficient (Wildman–Crippen LogP) is 6.15. The maximum absolute atomic E-state index is 11.1. The minimum Gasteiger partial charge on any atom is -0.492 e. The number of morpholine rings is 1.